The predicted octanol–water partition coefficient (Wildman–Crippen LogP) is 3.25. The second kappa shape index (κ2) is 12.2. The minimum Gasteiger partial charge on any atom is -0.381 e. The minimum atomic E-state index is 0.573. The molecule has 2 heterocycles. The van der Waals surface area contributed by atoms with Gasteiger partial charge in [-0.2, -0.15) is 0 Å². The number of hydrogen-bond donors (Lipinski definition) is 2. The molecule has 6 heteroatoms. The maximum absolute atomic E-state index is 5.76. The Hall–Kier alpha value is -2.44. The summed E-state index contributed by atoms with van der Waals surface area (Å²) in [6, 6.07) is 14.3. The van der Waals surface area contributed by atoms with Gasteiger partial charge in [-0.15, -0.1) is 0 Å². The van der Waals surface area contributed by atoms with Crippen LogP contribution in [0.5, 0.6) is 0 Å². The number of hydrogen-bond acceptors (Lipinski definition) is 4. The highest BCUT2D eigenvalue weighted by atomic mass is 16.5. The quantitative estimate of drug-likeness (QED) is 0.367. The van der Waals surface area contributed by atoms with Crippen molar-refractivity contribution in [2.45, 2.75) is 26.3 Å². The highest BCUT2D eigenvalue weighted by Crippen LogP contribution is 2.18. The Morgan fingerprint density at radius 3 is 3.00 bits per heavy atom. The molecule has 1 aromatic heterocycles. The molecule has 2 N–H and O–H groups in total. The van der Waals surface area contributed by atoms with Crippen molar-refractivity contribution in [1.29, 1.82) is 0 Å². The van der Waals surface area contributed by atoms with E-state index in [9.17, 15) is 0 Å². The first kappa shape index (κ1) is 21.3. The topological polar surface area (TPSA) is 67.8 Å². The van der Waals surface area contributed by atoms with Gasteiger partial charge >= 0.3 is 0 Å². The van der Waals surface area contributed by atoms with E-state index >= 15 is 0 Å². The van der Waals surface area contributed by atoms with E-state index in [0.29, 0.717) is 12.5 Å². The van der Waals surface area contributed by atoms with Gasteiger partial charge in [-0.1, -0.05) is 24.3 Å². The van der Waals surface area contributed by atoms with Gasteiger partial charge in [0, 0.05) is 44.0 Å². The van der Waals surface area contributed by atoms with E-state index in [1.165, 1.54) is 0 Å². The Morgan fingerprint density at radius 1 is 1.24 bits per heavy atom. The zero-order valence-electron chi connectivity index (χ0n) is 17.3. The standard InChI is InChI=1S/C23H32N4O2/c1-2-24-23(26-12-6-13-28-17-20-10-14-29-18-20)27-16-19-7-5-8-21(15-19)22-9-3-4-11-25-22/h3-5,7-9,11,15,20H,2,6,10,12-14,16-18H2,1H3,(H2,24,26,27). The van der Waals surface area contributed by atoms with Gasteiger partial charge in [0.1, 0.15) is 0 Å². The fourth-order valence-corrected chi connectivity index (χ4v) is 3.22. The van der Waals surface area contributed by atoms with Gasteiger partial charge in [0.15, 0.2) is 5.96 Å². The van der Waals surface area contributed by atoms with E-state index in [1.807, 2.05) is 24.4 Å². The Balaban J connectivity index is 1.43. The number of benzene rings is 1. The molecule has 29 heavy (non-hydrogen) atoms. The minimum absolute atomic E-state index is 0.573. The van der Waals surface area contributed by atoms with Crippen LogP contribution in [0, 0.1) is 5.92 Å². The first-order valence-corrected chi connectivity index (χ1v) is 10.5. The molecule has 2 aromatic rings. The molecular formula is C23H32N4O2. The molecule has 0 saturated carbocycles. The number of aromatic nitrogens is 1. The van der Waals surface area contributed by atoms with Crippen LogP contribution in [-0.2, 0) is 16.0 Å². The van der Waals surface area contributed by atoms with Gasteiger partial charge in [0.2, 0.25) is 0 Å². The third-order valence-corrected chi connectivity index (χ3v) is 4.79. The number of aliphatic imine (C=N–C) groups is 1. The Morgan fingerprint density at radius 2 is 2.21 bits per heavy atom. The highest BCUT2D eigenvalue weighted by Gasteiger charge is 2.15. The summed E-state index contributed by atoms with van der Waals surface area (Å²) in [4.78, 5) is 9.14. The molecule has 0 radical (unpaired) electrons. The van der Waals surface area contributed by atoms with Crippen LogP contribution >= 0.6 is 0 Å². The number of ether oxygens (including phenoxy) is 2. The van der Waals surface area contributed by atoms with Crippen molar-refractivity contribution in [3.8, 4) is 11.3 Å². The molecule has 0 aliphatic carbocycles. The van der Waals surface area contributed by atoms with Crippen LogP contribution in [0.2, 0.25) is 0 Å². The smallest absolute Gasteiger partial charge is 0.191 e. The first-order chi connectivity index (χ1) is 14.3. The zero-order valence-corrected chi connectivity index (χ0v) is 17.3. The Bertz CT molecular complexity index is 746. The molecular weight excluding hydrogens is 364 g/mol. The maximum atomic E-state index is 5.76. The molecule has 1 saturated heterocycles. The van der Waals surface area contributed by atoms with E-state index in [0.717, 1.165) is 75.1 Å². The highest BCUT2D eigenvalue weighted by molar-refractivity contribution is 5.79. The fraction of sp³-hybridized carbons (Fsp3) is 0.478. The summed E-state index contributed by atoms with van der Waals surface area (Å²) in [6.45, 7) is 7.65. The number of rotatable bonds is 10. The van der Waals surface area contributed by atoms with Crippen molar-refractivity contribution in [1.82, 2.24) is 15.6 Å². The van der Waals surface area contributed by atoms with Crippen LogP contribution in [0.3, 0.4) is 0 Å². The lowest BCUT2D eigenvalue weighted by molar-refractivity contribution is 0.0888. The third-order valence-electron chi connectivity index (χ3n) is 4.79. The normalized spacial score (nSPS) is 16.7. The molecule has 6 nitrogen and oxygen atoms in total. The average Bonchev–Trinajstić information content (AvgIpc) is 3.29. The van der Waals surface area contributed by atoms with E-state index in [-0.39, 0.29) is 0 Å². The lowest BCUT2D eigenvalue weighted by Gasteiger charge is -2.12. The number of nitrogens with zero attached hydrogens (tertiary/aromatic N) is 2. The molecule has 1 aliphatic heterocycles. The lowest BCUT2D eigenvalue weighted by atomic mass is 10.1. The van der Waals surface area contributed by atoms with Crippen LogP contribution in [0.25, 0.3) is 11.3 Å². The van der Waals surface area contributed by atoms with Crippen molar-refractivity contribution in [2.24, 2.45) is 10.9 Å². The molecule has 3 rings (SSSR count). The number of pyridine rings is 1. The summed E-state index contributed by atoms with van der Waals surface area (Å²) in [7, 11) is 0. The van der Waals surface area contributed by atoms with Crippen LogP contribution < -0.4 is 10.6 Å². The third kappa shape index (κ3) is 7.48. The summed E-state index contributed by atoms with van der Waals surface area (Å²) in [5.74, 6) is 1.41. The molecule has 0 amide bonds. The molecule has 0 spiro atoms. The van der Waals surface area contributed by atoms with Crippen molar-refractivity contribution in [2.75, 3.05) is 39.5 Å². The van der Waals surface area contributed by atoms with Crippen molar-refractivity contribution >= 4 is 5.96 Å². The Labute approximate surface area is 173 Å². The van der Waals surface area contributed by atoms with Gasteiger partial charge in [0.05, 0.1) is 25.5 Å². The predicted molar refractivity (Wildman–Crippen MR) is 117 cm³/mol. The van der Waals surface area contributed by atoms with Crippen molar-refractivity contribution in [3.05, 3.63) is 54.2 Å². The summed E-state index contributed by atoms with van der Waals surface area (Å²) in [5.41, 5.74) is 3.25. The summed E-state index contributed by atoms with van der Waals surface area (Å²) < 4.78 is 11.1. The molecule has 1 fully saturated rings. The molecule has 1 aromatic carbocycles. The lowest BCUT2D eigenvalue weighted by Crippen LogP contribution is -2.38. The monoisotopic (exact) mass is 396 g/mol. The van der Waals surface area contributed by atoms with E-state index in [2.05, 4.69) is 46.8 Å². The van der Waals surface area contributed by atoms with Crippen LogP contribution in [0.15, 0.2) is 53.7 Å². The fourth-order valence-electron chi connectivity index (χ4n) is 3.22. The van der Waals surface area contributed by atoms with Gasteiger partial charge in [-0.05, 0) is 43.5 Å². The van der Waals surface area contributed by atoms with Gasteiger partial charge in [-0.25, -0.2) is 4.99 Å². The van der Waals surface area contributed by atoms with Gasteiger partial charge in [-0.3, -0.25) is 4.98 Å². The molecule has 1 aliphatic rings. The second-order valence-corrected chi connectivity index (χ2v) is 7.20. The Kier molecular flexibility index (Phi) is 8.94. The molecule has 1 unspecified atom stereocenters. The van der Waals surface area contributed by atoms with E-state index in [1.54, 1.807) is 0 Å². The summed E-state index contributed by atoms with van der Waals surface area (Å²) in [6.07, 6.45) is 3.89. The summed E-state index contributed by atoms with van der Waals surface area (Å²) >= 11 is 0. The average molecular weight is 397 g/mol. The zero-order chi connectivity index (χ0) is 20.2. The largest absolute Gasteiger partial charge is 0.381 e. The second-order valence-electron chi connectivity index (χ2n) is 7.20. The van der Waals surface area contributed by atoms with Crippen molar-refractivity contribution in [3.63, 3.8) is 0 Å². The summed E-state index contributed by atoms with van der Waals surface area (Å²) in [5, 5.41) is 6.69. The van der Waals surface area contributed by atoms with Gasteiger partial charge in [0.25, 0.3) is 0 Å². The molecule has 0 bridgehead atoms. The molecule has 1 atom stereocenters. The maximum Gasteiger partial charge on any atom is 0.191 e. The number of guanidine groups is 1. The molecule has 156 valence electrons. The van der Waals surface area contributed by atoms with E-state index in [4.69, 9.17) is 14.5 Å². The van der Waals surface area contributed by atoms with Crippen LogP contribution in [0.4, 0.5) is 0 Å². The van der Waals surface area contributed by atoms with Crippen LogP contribution in [-0.4, -0.2) is 50.5 Å². The van der Waals surface area contributed by atoms with Crippen LogP contribution in [0.1, 0.15) is 25.3 Å². The van der Waals surface area contributed by atoms with Gasteiger partial charge < -0.3 is 20.1 Å². The SMILES string of the molecule is CCNC(=NCc1cccc(-c2ccccn2)c1)NCCCOCC1CCOC1. The van der Waals surface area contributed by atoms with E-state index < -0.39 is 0 Å². The van der Waals surface area contributed by atoms with Crippen molar-refractivity contribution < 1.29 is 9.47 Å². The number of nitrogens with one attached hydrogen (secondary N) is 2. The first-order valence-electron chi connectivity index (χ1n) is 10.5.